The van der Waals surface area contributed by atoms with Gasteiger partial charge >= 0.3 is 0 Å². The number of hydrogen-bond donors (Lipinski definition) is 1. The SMILES string of the molecule is O=C(Nc1cnn(Cc2c(Cl)cccc2Cl)c1)c1ccc(COc2c(Cl)c(Cl)c(Cl)c(Cl)c2Cl)o1. The molecule has 0 radical (unpaired) electrons. The third kappa shape index (κ3) is 5.81. The normalized spacial score (nSPS) is 11.1. The number of rotatable bonds is 7. The zero-order chi connectivity index (χ0) is 25.3. The van der Waals surface area contributed by atoms with Gasteiger partial charge in [-0.05, 0) is 24.3 Å². The quantitative estimate of drug-likeness (QED) is 0.167. The first-order valence-electron chi connectivity index (χ1n) is 9.65. The fourth-order valence-corrected chi connectivity index (χ4v) is 4.73. The topological polar surface area (TPSA) is 69.3 Å². The second kappa shape index (κ2) is 11.1. The van der Waals surface area contributed by atoms with E-state index in [0.717, 1.165) is 5.56 Å². The summed E-state index contributed by atoms with van der Waals surface area (Å²) in [7, 11) is 0. The number of nitrogens with one attached hydrogen (secondary N) is 1. The molecule has 0 saturated carbocycles. The van der Waals surface area contributed by atoms with Gasteiger partial charge in [-0.15, -0.1) is 0 Å². The number of aromatic nitrogens is 2. The van der Waals surface area contributed by atoms with Crippen molar-refractivity contribution in [2.24, 2.45) is 0 Å². The Morgan fingerprint density at radius 1 is 0.914 bits per heavy atom. The molecule has 0 aliphatic heterocycles. The fourth-order valence-electron chi connectivity index (χ4n) is 2.98. The second-order valence-corrected chi connectivity index (χ2v) is 9.74. The Balaban J connectivity index is 1.40. The lowest BCUT2D eigenvalue weighted by molar-refractivity contribution is 0.0992. The van der Waals surface area contributed by atoms with E-state index in [-0.39, 0.29) is 43.2 Å². The van der Waals surface area contributed by atoms with Gasteiger partial charge in [0, 0.05) is 21.8 Å². The number of halogens is 7. The van der Waals surface area contributed by atoms with Crippen LogP contribution in [0, 0.1) is 0 Å². The van der Waals surface area contributed by atoms with Crippen LogP contribution in [-0.4, -0.2) is 15.7 Å². The van der Waals surface area contributed by atoms with Crippen molar-refractivity contribution >= 4 is 92.8 Å². The van der Waals surface area contributed by atoms with Gasteiger partial charge in [-0.3, -0.25) is 9.48 Å². The summed E-state index contributed by atoms with van der Waals surface area (Å²) in [6.45, 7) is 0.234. The number of carbonyl (C=O) groups is 1. The molecule has 0 fully saturated rings. The number of hydrogen-bond acceptors (Lipinski definition) is 4. The van der Waals surface area contributed by atoms with Crippen LogP contribution in [0.2, 0.25) is 35.2 Å². The van der Waals surface area contributed by atoms with E-state index < -0.39 is 5.91 Å². The van der Waals surface area contributed by atoms with Crippen molar-refractivity contribution in [1.82, 2.24) is 9.78 Å². The van der Waals surface area contributed by atoms with Crippen molar-refractivity contribution in [3.05, 3.63) is 95.0 Å². The molecule has 0 saturated heterocycles. The lowest BCUT2D eigenvalue weighted by Gasteiger charge is -2.12. The Hall–Kier alpha value is -1.77. The minimum Gasteiger partial charge on any atom is -0.482 e. The summed E-state index contributed by atoms with van der Waals surface area (Å²) < 4.78 is 12.8. The van der Waals surface area contributed by atoms with Crippen molar-refractivity contribution in [2.45, 2.75) is 13.2 Å². The number of carbonyl (C=O) groups excluding carboxylic acids is 1. The summed E-state index contributed by atoms with van der Waals surface area (Å²) in [4.78, 5) is 12.6. The first-order chi connectivity index (χ1) is 16.7. The Morgan fingerprint density at radius 3 is 2.20 bits per heavy atom. The molecule has 182 valence electrons. The number of ether oxygens (including phenoxy) is 1. The van der Waals surface area contributed by atoms with Gasteiger partial charge in [-0.2, -0.15) is 5.10 Å². The highest BCUT2D eigenvalue weighted by Crippen LogP contribution is 2.48. The molecule has 2 heterocycles. The van der Waals surface area contributed by atoms with Crippen molar-refractivity contribution < 1.29 is 13.9 Å². The Kier molecular flexibility index (Phi) is 8.34. The maximum Gasteiger partial charge on any atom is 0.291 e. The highest BCUT2D eigenvalue weighted by atomic mass is 35.5. The molecule has 0 spiro atoms. The number of amides is 1. The second-order valence-electron chi connectivity index (χ2n) is 7.03. The van der Waals surface area contributed by atoms with E-state index >= 15 is 0 Å². The zero-order valence-corrected chi connectivity index (χ0v) is 22.5. The molecule has 1 N–H and O–H groups in total. The molecule has 6 nitrogen and oxygen atoms in total. The van der Waals surface area contributed by atoms with Crippen molar-refractivity contribution in [1.29, 1.82) is 0 Å². The van der Waals surface area contributed by atoms with Crippen LogP contribution < -0.4 is 10.1 Å². The predicted molar refractivity (Wildman–Crippen MR) is 140 cm³/mol. The van der Waals surface area contributed by atoms with Crippen LogP contribution in [0.15, 0.2) is 47.1 Å². The third-order valence-electron chi connectivity index (χ3n) is 4.69. The standard InChI is InChI=1S/C22H12Cl7N3O3/c23-13-2-1-3-14(24)12(13)8-32-7-10(6-30-32)31-22(33)15-5-4-11(35-15)9-34-21-19(28)17(26)16(25)18(27)20(21)29/h1-7H,8-9H2,(H,31,33). The van der Waals surface area contributed by atoms with Crippen LogP contribution in [0.3, 0.4) is 0 Å². The molecule has 0 bridgehead atoms. The summed E-state index contributed by atoms with van der Waals surface area (Å²) in [5.41, 5.74) is 1.17. The molecular weight excluding hydrogens is 602 g/mol. The van der Waals surface area contributed by atoms with E-state index in [1.807, 2.05) is 0 Å². The van der Waals surface area contributed by atoms with Crippen LogP contribution in [0.5, 0.6) is 5.75 Å². The number of nitrogens with zero attached hydrogens (tertiary/aromatic N) is 2. The lowest BCUT2D eigenvalue weighted by Crippen LogP contribution is -2.10. The Morgan fingerprint density at radius 2 is 1.54 bits per heavy atom. The molecule has 0 unspecified atom stereocenters. The largest absolute Gasteiger partial charge is 0.482 e. The van der Waals surface area contributed by atoms with E-state index in [1.165, 1.54) is 12.3 Å². The molecule has 1 amide bonds. The zero-order valence-electron chi connectivity index (χ0n) is 17.2. The monoisotopic (exact) mass is 611 g/mol. The van der Waals surface area contributed by atoms with Gasteiger partial charge in [0.2, 0.25) is 0 Å². The van der Waals surface area contributed by atoms with E-state index in [0.29, 0.717) is 28.0 Å². The van der Waals surface area contributed by atoms with Gasteiger partial charge in [-0.1, -0.05) is 87.3 Å². The van der Waals surface area contributed by atoms with E-state index in [4.69, 9.17) is 90.4 Å². The molecule has 13 heteroatoms. The summed E-state index contributed by atoms with van der Waals surface area (Å²) >= 11 is 42.8. The van der Waals surface area contributed by atoms with Crippen molar-refractivity contribution in [3.63, 3.8) is 0 Å². The molecule has 2 aromatic heterocycles. The summed E-state index contributed by atoms with van der Waals surface area (Å²) in [5, 5.41) is 8.02. The summed E-state index contributed by atoms with van der Waals surface area (Å²) in [6, 6.07) is 8.30. The summed E-state index contributed by atoms with van der Waals surface area (Å²) in [5.74, 6) is -0.0650. The maximum absolute atomic E-state index is 12.6. The van der Waals surface area contributed by atoms with Gasteiger partial charge in [0.05, 0.1) is 33.5 Å². The number of anilines is 1. The minimum atomic E-state index is -0.486. The number of benzene rings is 2. The smallest absolute Gasteiger partial charge is 0.291 e. The van der Waals surface area contributed by atoms with E-state index in [2.05, 4.69) is 10.4 Å². The van der Waals surface area contributed by atoms with Crippen LogP contribution in [0.4, 0.5) is 5.69 Å². The first-order valence-corrected chi connectivity index (χ1v) is 12.3. The van der Waals surface area contributed by atoms with Gasteiger partial charge in [0.1, 0.15) is 22.4 Å². The van der Waals surface area contributed by atoms with Crippen LogP contribution in [0.25, 0.3) is 0 Å². The Bertz CT molecular complexity index is 1370. The molecule has 4 aromatic rings. The average Bonchev–Trinajstić information content (AvgIpc) is 3.48. The fraction of sp³-hybridized carbons (Fsp3) is 0.0909. The first kappa shape index (κ1) is 26.3. The highest BCUT2D eigenvalue weighted by Gasteiger charge is 2.21. The summed E-state index contributed by atoms with van der Waals surface area (Å²) in [6.07, 6.45) is 3.14. The van der Waals surface area contributed by atoms with Crippen molar-refractivity contribution in [2.75, 3.05) is 5.32 Å². The van der Waals surface area contributed by atoms with Gasteiger partial charge in [-0.25, -0.2) is 0 Å². The molecule has 0 atom stereocenters. The molecule has 4 rings (SSSR count). The predicted octanol–water partition coefficient (Wildman–Crippen LogP) is 8.93. The molecule has 0 aliphatic rings. The molecule has 2 aromatic carbocycles. The van der Waals surface area contributed by atoms with Gasteiger partial charge in [0.25, 0.3) is 5.91 Å². The van der Waals surface area contributed by atoms with Crippen LogP contribution >= 0.6 is 81.2 Å². The van der Waals surface area contributed by atoms with Gasteiger partial charge in [0.15, 0.2) is 11.5 Å². The van der Waals surface area contributed by atoms with Crippen molar-refractivity contribution in [3.8, 4) is 5.75 Å². The molecular formula is C22H12Cl7N3O3. The van der Waals surface area contributed by atoms with E-state index in [9.17, 15) is 4.79 Å². The Labute approximate surface area is 234 Å². The van der Waals surface area contributed by atoms with Crippen LogP contribution in [-0.2, 0) is 13.2 Å². The molecule has 35 heavy (non-hydrogen) atoms. The average molecular weight is 615 g/mol. The maximum atomic E-state index is 12.6. The van der Waals surface area contributed by atoms with Crippen LogP contribution in [0.1, 0.15) is 21.9 Å². The number of furan rings is 1. The molecule has 0 aliphatic carbocycles. The van der Waals surface area contributed by atoms with Gasteiger partial charge < -0.3 is 14.5 Å². The minimum absolute atomic E-state index is 0.00526. The lowest BCUT2D eigenvalue weighted by atomic mass is 10.2. The highest BCUT2D eigenvalue weighted by molar-refractivity contribution is 6.55. The third-order valence-corrected chi connectivity index (χ3v) is 7.64. The van der Waals surface area contributed by atoms with E-state index in [1.54, 1.807) is 35.1 Å².